The van der Waals surface area contributed by atoms with Crippen molar-refractivity contribution in [3.05, 3.63) is 59.4 Å². The average molecular weight is 290 g/mol. The summed E-state index contributed by atoms with van der Waals surface area (Å²) >= 11 is 3.25. The number of nitriles is 1. The maximum absolute atomic E-state index is 14.1. The minimum Gasteiger partial charge on any atom is -0.206 e. The minimum absolute atomic E-state index is 0.271. The number of hydrogen-bond donors (Lipinski definition) is 0. The smallest absolute Gasteiger partial charge is 0.135 e. The fourth-order valence-corrected chi connectivity index (χ4v) is 2.14. The fourth-order valence-electron chi connectivity index (χ4n) is 1.71. The second kappa shape index (κ2) is 5.11. The molecule has 0 heterocycles. The van der Waals surface area contributed by atoms with Crippen LogP contribution < -0.4 is 0 Å². The number of rotatable bonds is 2. The monoisotopic (exact) mass is 289 g/mol. The van der Waals surface area contributed by atoms with Crippen molar-refractivity contribution in [2.45, 2.75) is 5.33 Å². The molecular formula is C14H9BrFN. The van der Waals surface area contributed by atoms with Gasteiger partial charge in [0.15, 0.2) is 0 Å². The lowest BCUT2D eigenvalue weighted by Gasteiger charge is -2.08. The molecule has 3 heteroatoms. The van der Waals surface area contributed by atoms with E-state index in [1.54, 1.807) is 42.5 Å². The molecule has 0 saturated heterocycles. The predicted octanol–water partition coefficient (Wildman–Crippen LogP) is 4.26. The van der Waals surface area contributed by atoms with E-state index in [0.717, 1.165) is 0 Å². The molecule has 2 aromatic rings. The molecule has 17 heavy (non-hydrogen) atoms. The van der Waals surface area contributed by atoms with Crippen LogP contribution >= 0.6 is 15.9 Å². The second-order valence-electron chi connectivity index (χ2n) is 3.57. The van der Waals surface area contributed by atoms with Gasteiger partial charge in [0.2, 0.25) is 0 Å². The molecule has 0 aliphatic carbocycles. The lowest BCUT2D eigenvalue weighted by Crippen LogP contribution is -1.92. The molecule has 0 aliphatic heterocycles. The van der Waals surface area contributed by atoms with E-state index in [1.807, 2.05) is 0 Å². The Morgan fingerprint density at radius 2 is 1.76 bits per heavy atom. The number of benzene rings is 2. The fraction of sp³-hybridized carbons (Fsp3) is 0.0714. The molecule has 0 saturated carbocycles. The van der Waals surface area contributed by atoms with E-state index in [0.29, 0.717) is 27.6 Å². The van der Waals surface area contributed by atoms with Gasteiger partial charge in [-0.05, 0) is 11.6 Å². The normalized spacial score (nSPS) is 9.94. The molecule has 0 fully saturated rings. The molecular weight excluding hydrogens is 281 g/mol. The molecule has 0 radical (unpaired) electrons. The molecule has 2 rings (SSSR count). The van der Waals surface area contributed by atoms with Crippen LogP contribution in [0.3, 0.4) is 0 Å². The van der Waals surface area contributed by atoms with Crippen LogP contribution in [0.4, 0.5) is 4.39 Å². The van der Waals surface area contributed by atoms with Crippen LogP contribution in [0.15, 0.2) is 42.5 Å². The van der Waals surface area contributed by atoms with E-state index >= 15 is 0 Å². The van der Waals surface area contributed by atoms with Crippen LogP contribution in [0.5, 0.6) is 0 Å². The van der Waals surface area contributed by atoms with Gasteiger partial charge in [0, 0.05) is 16.5 Å². The van der Waals surface area contributed by atoms with Crippen molar-refractivity contribution in [1.29, 1.82) is 5.26 Å². The van der Waals surface area contributed by atoms with Crippen LogP contribution in [0.2, 0.25) is 0 Å². The van der Waals surface area contributed by atoms with Crippen LogP contribution in [0.1, 0.15) is 11.1 Å². The van der Waals surface area contributed by atoms with Gasteiger partial charge in [-0.15, -0.1) is 0 Å². The van der Waals surface area contributed by atoms with Crippen molar-refractivity contribution < 1.29 is 4.39 Å². The van der Waals surface area contributed by atoms with Crippen molar-refractivity contribution in [1.82, 2.24) is 0 Å². The summed E-state index contributed by atoms with van der Waals surface area (Å²) in [5.41, 5.74) is 2.18. The van der Waals surface area contributed by atoms with Gasteiger partial charge in [-0.3, -0.25) is 0 Å². The van der Waals surface area contributed by atoms with Gasteiger partial charge < -0.3 is 0 Å². The first-order valence-electron chi connectivity index (χ1n) is 5.10. The van der Waals surface area contributed by atoms with Crippen molar-refractivity contribution in [2.75, 3.05) is 0 Å². The lowest BCUT2D eigenvalue weighted by atomic mass is 9.98. The van der Waals surface area contributed by atoms with Gasteiger partial charge in [0.1, 0.15) is 5.82 Å². The average Bonchev–Trinajstić information content (AvgIpc) is 2.39. The zero-order valence-corrected chi connectivity index (χ0v) is 10.5. The molecule has 0 aromatic heterocycles. The first-order valence-corrected chi connectivity index (χ1v) is 6.23. The summed E-state index contributed by atoms with van der Waals surface area (Å²) in [7, 11) is 0. The van der Waals surface area contributed by atoms with Gasteiger partial charge in [-0.25, -0.2) is 4.39 Å². The molecule has 1 nitrogen and oxygen atoms in total. The Balaban J connectivity index is 2.65. The van der Waals surface area contributed by atoms with Crippen LogP contribution in [-0.2, 0) is 5.33 Å². The Morgan fingerprint density at radius 3 is 2.47 bits per heavy atom. The van der Waals surface area contributed by atoms with Gasteiger partial charge in [-0.1, -0.05) is 52.3 Å². The van der Waals surface area contributed by atoms with E-state index in [1.165, 1.54) is 0 Å². The van der Waals surface area contributed by atoms with Crippen LogP contribution in [0.25, 0.3) is 11.1 Å². The highest BCUT2D eigenvalue weighted by atomic mass is 79.9. The second-order valence-corrected chi connectivity index (χ2v) is 4.13. The molecule has 0 amide bonds. The van der Waals surface area contributed by atoms with Crippen molar-refractivity contribution in [3.8, 4) is 17.2 Å². The van der Waals surface area contributed by atoms with E-state index in [9.17, 15) is 4.39 Å². The molecule has 0 spiro atoms. The summed E-state index contributed by atoms with van der Waals surface area (Å²) in [5, 5.41) is 9.48. The van der Waals surface area contributed by atoms with E-state index in [-0.39, 0.29) is 5.82 Å². The third-order valence-electron chi connectivity index (χ3n) is 2.56. The summed E-state index contributed by atoms with van der Waals surface area (Å²) in [6.07, 6.45) is 0. The zero-order chi connectivity index (χ0) is 12.3. The largest absolute Gasteiger partial charge is 0.206 e. The highest BCUT2D eigenvalue weighted by molar-refractivity contribution is 9.08. The maximum Gasteiger partial charge on any atom is 0.135 e. The minimum atomic E-state index is -0.271. The molecule has 2 aromatic carbocycles. The Bertz CT molecular complexity index is 587. The number of alkyl halides is 1. The van der Waals surface area contributed by atoms with E-state index < -0.39 is 0 Å². The van der Waals surface area contributed by atoms with Gasteiger partial charge in [0.25, 0.3) is 0 Å². The lowest BCUT2D eigenvalue weighted by molar-refractivity contribution is 0.621. The third-order valence-corrected chi connectivity index (χ3v) is 3.16. The zero-order valence-electron chi connectivity index (χ0n) is 8.95. The molecule has 0 atom stereocenters. The molecule has 0 unspecified atom stereocenters. The van der Waals surface area contributed by atoms with Gasteiger partial charge in [0.05, 0.1) is 11.6 Å². The van der Waals surface area contributed by atoms with E-state index in [4.69, 9.17) is 5.26 Å². The van der Waals surface area contributed by atoms with Crippen molar-refractivity contribution >= 4 is 15.9 Å². The van der Waals surface area contributed by atoms with Crippen LogP contribution in [-0.4, -0.2) is 0 Å². The third kappa shape index (κ3) is 2.22. The Labute approximate surface area is 108 Å². The number of nitrogens with zero attached hydrogens (tertiary/aromatic N) is 1. The first-order chi connectivity index (χ1) is 8.27. The van der Waals surface area contributed by atoms with Gasteiger partial charge in [-0.2, -0.15) is 5.26 Å². The maximum atomic E-state index is 14.1. The molecule has 0 aliphatic rings. The highest BCUT2D eigenvalue weighted by Gasteiger charge is 2.11. The topological polar surface area (TPSA) is 23.8 Å². The summed E-state index contributed by atoms with van der Waals surface area (Å²) in [5.74, 6) is -0.271. The standard InChI is InChI=1S/C14H9BrFN/c15-8-10-5-3-7-13(14(10)16)12-6-2-1-4-11(12)9-17/h1-7H,8H2. The highest BCUT2D eigenvalue weighted by Crippen LogP contribution is 2.28. The van der Waals surface area contributed by atoms with Gasteiger partial charge >= 0.3 is 0 Å². The summed E-state index contributed by atoms with van der Waals surface area (Å²) < 4.78 is 14.1. The number of halogens is 2. The quantitative estimate of drug-likeness (QED) is 0.758. The Hall–Kier alpha value is -1.66. The molecule has 84 valence electrons. The first kappa shape index (κ1) is 11.8. The summed E-state index contributed by atoms with van der Waals surface area (Å²) in [4.78, 5) is 0. The van der Waals surface area contributed by atoms with E-state index in [2.05, 4.69) is 22.0 Å². The Morgan fingerprint density at radius 1 is 1.06 bits per heavy atom. The van der Waals surface area contributed by atoms with Crippen LogP contribution in [0, 0.1) is 17.1 Å². The number of hydrogen-bond acceptors (Lipinski definition) is 1. The summed E-state index contributed by atoms with van der Waals surface area (Å²) in [6.45, 7) is 0. The predicted molar refractivity (Wildman–Crippen MR) is 69.2 cm³/mol. The SMILES string of the molecule is N#Cc1ccccc1-c1cccc(CBr)c1F. The molecule has 0 N–H and O–H groups in total. The van der Waals surface area contributed by atoms with Crippen molar-refractivity contribution in [2.24, 2.45) is 0 Å². The van der Waals surface area contributed by atoms with Crippen molar-refractivity contribution in [3.63, 3.8) is 0 Å². The molecule has 0 bridgehead atoms. The summed E-state index contributed by atoms with van der Waals surface area (Å²) in [6, 6.07) is 14.3. The Kier molecular flexibility index (Phi) is 3.55.